The van der Waals surface area contributed by atoms with E-state index in [-0.39, 0.29) is 22.5 Å². The van der Waals surface area contributed by atoms with Crippen LogP contribution in [0, 0.1) is 0 Å². The molecular weight excluding hydrogens is 367 g/mol. The molecule has 25 heavy (non-hydrogen) atoms. The monoisotopic (exact) mass is 382 g/mol. The van der Waals surface area contributed by atoms with Crippen molar-refractivity contribution in [1.29, 1.82) is 0 Å². The minimum atomic E-state index is -0.995. The van der Waals surface area contributed by atoms with Crippen molar-refractivity contribution in [3.05, 3.63) is 63.4 Å². The van der Waals surface area contributed by atoms with Gasteiger partial charge in [-0.05, 0) is 48.9 Å². The van der Waals surface area contributed by atoms with E-state index in [0.29, 0.717) is 12.0 Å². The van der Waals surface area contributed by atoms with E-state index in [0.717, 1.165) is 5.56 Å². The average Bonchev–Trinajstić information content (AvgIpc) is 2.57. The lowest BCUT2D eigenvalue weighted by Gasteiger charge is -2.15. The van der Waals surface area contributed by atoms with Crippen molar-refractivity contribution in [2.75, 3.05) is 7.05 Å². The summed E-state index contributed by atoms with van der Waals surface area (Å²) < 4.78 is 5.28. The first kappa shape index (κ1) is 19.2. The largest absolute Gasteiger partial charge is 0.478 e. The summed E-state index contributed by atoms with van der Waals surface area (Å²) in [6.45, 7) is 0.0247. The number of aromatic nitrogens is 1. The van der Waals surface area contributed by atoms with E-state index in [9.17, 15) is 9.59 Å². The van der Waals surface area contributed by atoms with Gasteiger partial charge in [-0.1, -0.05) is 35.3 Å². The van der Waals surface area contributed by atoms with Crippen LogP contribution in [0.4, 0.5) is 0 Å². The molecule has 2 rings (SSSR count). The van der Waals surface area contributed by atoms with E-state index in [1.54, 1.807) is 31.3 Å². The number of carboxylic acid groups (broad SMARTS) is 1. The van der Waals surface area contributed by atoms with Gasteiger partial charge in [0, 0.05) is 0 Å². The van der Waals surface area contributed by atoms with Crippen LogP contribution in [-0.4, -0.2) is 35.1 Å². The Morgan fingerprint density at radius 2 is 1.76 bits per heavy atom. The van der Waals surface area contributed by atoms with Gasteiger partial charge in [0.25, 0.3) is 0 Å². The topological polar surface area (TPSA) is 88.5 Å². The maximum Gasteiger partial charge on any atom is 0.335 e. The zero-order valence-corrected chi connectivity index (χ0v) is 14.8. The molecule has 0 unspecified atom stereocenters. The summed E-state index contributed by atoms with van der Waals surface area (Å²) in [4.78, 5) is 26.9. The number of aromatic carboxylic acids is 1. The van der Waals surface area contributed by atoms with Crippen molar-refractivity contribution in [2.24, 2.45) is 0 Å². The lowest BCUT2D eigenvalue weighted by molar-refractivity contribution is -0.147. The molecule has 1 aromatic heterocycles. The number of likely N-dealkylation sites (N-methyl/N-ethyl adjacent to an activating group) is 1. The van der Waals surface area contributed by atoms with Gasteiger partial charge in [0.1, 0.15) is 23.0 Å². The Morgan fingerprint density at radius 1 is 1.16 bits per heavy atom. The van der Waals surface area contributed by atoms with Crippen LogP contribution in [-0.2, 0) is 22.6 Å². The molecule has 1 aromatic carbocycles. The summed E-state index contributed by atoms with van der Waals surface area (Å²) in [6, 6.07) is 8.91. The van der Waals surface area contributed by atoms with E-state index in [1.165, 1.54) is 12.1 Å². The van der Waals surface area contributed by atoms with Gasteiger partial charge in [0.2, 0.25) is 0 Å². The van der Waals surface area contributed by atoms with Crippen molar-refractivity contribution >= 4 is 35.1 Å². The van der Waals surface area contributed by atoms with Crippen molar-refractivity contribution in [2.45, 2.75) is 19.1 Å². The van der Waals surface area contributed by atoms with E-state index < -0.39 is 18.0 Å². The molecule has 0 aliphatic heterocycles. The summed E-state index contributed by atoms with van der Waals surface area (Å²) in [5, 5.41) is 12.2. The first-order chi connectivity index (χ1) is 11.9. The predicted octanol–water partition coefficient (Wildman–Crippen LogP) is 2.96. The number of carbonyl (C=O) groups excluding carboxylic acids is 1. The SMILES string of the molecule is CN[C@@H](Cc1ccc(C(=O)O)cc1)C(=O)OCc1cc(Cl)nc(Cl)c1. The number of hydrogen-bond donors (Lipinski definition) is 2. The molecule has 0 saturated heterocycles. The molecular formula is C17H16Cl2N2O4. The van der Waals surface area contributed by atoms with Gasteiger partial charge in [-0.2, -0.15) is 0 Å². The van der Waals surface area contributed by atoms with Crippen LogP contribution in [0.25, 0.3) is 0 Å². The number of rotatable bonds is 7. The van der Waals surface area contributed by atoms with Crippen LogP contribution in [0.3, 0.4) is 0 Å². The van der Waals surface area contributed by atoms with Crippen molar-refractivity contribution in [3.8, 4) is 0 Å². The highest BCUT2D eigenvalue weighted by atomic mass is 35.5. The normalized spacial score (nSPS) is 11.8. The number of nitrogens with one attached hydrogen (secondary N) is 1. The molecule has 0 bridgehead atoms. The van der Waals surface area contributed by atoms with Gasteiger partial charge < -0.3 is 15.2 Å². The Labute approximate surface area is 154 Å². The summed E-state index contributed by atoms with van der Waals surface area (Å²) in [5.41, 5.74) is 1.65. The van der Waals surface area contributed by atoms with Gasteiger partial charge in [0.05, 0.1) is 5.56 Å². The Morgan fingerprint density at radius 3 is 2.28 bits per heavy atom. The maximum atomic E-state index is 12.2. The molecule has 0 saturated carbocycles. The van der Waals surface area contributed by atoms with Crippen molar-refractivity contribution in [1.82, 2.24) is 10.3 Å². The molecule has 1 atom stereocenters. The van der Waals surface area contributed by atoms with E-state index in [1.807, 2.05) is 0 Å². The molecule has 0 spiro atoms. The molecule has 6 nitrogen and oxygen atoms in total. The molecule has 1 heterocycles. The molecule has 2 N–H and O–H groups in total. The van der Waals surface area contributed by atoms with Crippen LogP contribution < -0.4 is 5.32 Å². The number of hydrogen-bond acceptors (Lipinski definition) is 5. The highest BCUT2D eigenvalue weighted by Gasteiger charge is 2.19. The fraction of sp³-hybridized carbons (Fsp3) is 0.235. The highest BCUT2D eigenvalue weighted by molar-refractivity contribution is 6.32. The zero-order chi connectivity index (χ0) is 18.4. The second-order valence-corrected chi connectivity index (χ2v) is 6.05. The number of pyridine rings is 1. The molecule has 0 fully saturated rings. The van der Waals surface area contributed by atoms with Gasteiger partial charge >= 0.3 is 11.9 Å². The number of nitrogens with zero attached hydrogens (tertiary/aromatic N) is 1. The second kappa shape index (κ2) is 8.80. The van der Waals surface area contributed by atoms with E-state index in [2.05, 4.69) is 10.3 Å². The lowest BCUT2D eigenvalue weighted by Crippen LogP contribution is -2.37. The summed E-state index contributed by atoms with van der Waals surface area (Å²) in [6.07, 6.45) is 0.368. The smallest absolute Gasteiger partial charge is 0.335 e. The molecule has 0 aliphatic rings. The van der Waals surface area contributed by atoms with E-state index >= 15 is 0 Å². The summed E-state index contributed by atoms with van der Waals surface area (Å²) in [5.74, 6) is -1.43. The third kappa shape index (κ3) is 5.70. The number of esters is 1. The summed E-state index contributed by atoms with van der Waals surface area (Å²) >= 11 is 11.6. The molecule has 132 valence electrons. The van der Waals surface area contributed by atoms with Crippen LogP contribution in [0.1, 0.15) is 21.5 Å². The second-order valence-electron chi connectivity index (χ2n) is 5.28. The zero-order valence-electron chi connectivity index (χ0n) is 13.3. The maximum absolute atomic E-state index is 12.2. The molecule has 8 heteroatoms. The Balaban J connectivity index is 1.97. The Kier molecular flexibility index (Phi) is 6.75. The number of benzene rings is 1. The lowest BCUT2D eigenvalue weighted by atomic mass is 10.0. The van der Waals surface area contributed by atoms with Gasteiger partial charge in [-0.25, -0.2) is 9.78 Å². The molecule has 0 amide bonds. The van der Waals surface area contributed by atoms with Gasteiger partial charge in [-0.15, -0.1) is 0 Å². The van der Waals surface area contributed by atoms with Gasteiger partial charge in [-0.3, -0.25) is 4.79 Å². The average molecular weight is 383 g/mol. The van der Waals surface area contributed by atoms with Crippen molar-refractivity contribution < 1.29 is 19.4 Å². The highest BCUT2D eigenvalue weighted by Crippen LogP contribution is 2.16. The Hall–Kier alpha value is -2.15. The molecule has 0 radical (unpaired) electrons. The molecule has 2 aromatic rings. The first-order valence-electron chi connectivity index (χ1n) is 7.37. The fourth-order valence-electron chi connectivity index (χ4n) is 2.17. The predicted molar refractivity (Wildman–Crippen MR) is 94.0 cm³/mol. The van der Waals surface area contributed by atoms with Gasteiger partial charge in [0.15, 0.2) is 0 Å². The van der Waals surface area contributed by atoms with Crippen LogP contribution in [0.15, 0.2) is 36.4 Å². The first-order valence-corrected chi connectivity index (χ1v) is 8.12. The minimum Gasteiger partial charge on any atom is -0.478 e. The molecule has 0 aliphatic carbocycles. The Bertz CT molecular complexity index is 745. The van der Waals surface area contributed by atoms with Crippen LogP contribution in [0.5, 0.6) is 0 Å². The standard InChI is InChI=1S/C17H16Cl2N2O4/c1-20-13(6-10-2-4-12(5-3-10)16(22)23)17(24)25-9-11-7-14(18)21-15(19)8-11/h2-5,7-8,13,20H,6,9H2,1H3,(H,22,23)/t13-/m0/s1. The third-order valence-corrected chi connectivity index (χ3v) is 3.86. The minimum absolute atomic E-state index is 0.0247. The number of halogens is 2. The summed E-state index contributed by atoms with van der Waals surface area (Å²) in [7, 11) is 1.65. The number of carbonyl (C=O) groups is 2. The number of carboxylic acids is 1. The van der Waals surface area contributed by atoms with E-state index in [4.69, 9.17) is 33.0 Å². The van der Waals surface area contributed by atoms with Crippen LogP contribution >= 0.6 is 23.2 Å². The fourth-order valence-corrected chi connectivity index (χ4v) is 2.68. The quantitative estimate of drug-likeness (QED) is 0.565. The van der Waals surface area contributed by atoms with Crippen LogP contribution in [0.2, 0.25) is 10.3 Å². The number of ether oxygens (including phenoxy) is 1. The van der Waals surface area contributed by atoms with Crippen molar-refractivity contribution in [3.63, 3.8) is 0 Å². The third-order valence-electron chi connectivity index (χ3n) is 3.48.